The van der Waals surface area contributed by atoms with Crippen LogP contribution in [0, 0.1) is 0 Å². The molecular weight excluding hydrogens is 276 g/mol. The van der Waals surface area contributed by atoms with Crippen LogP contribution in [0.2, 0.25) is 5.02 Å². The van der Waals surface area contributed by atoms with Gasteiger partial charge in [-0.1, -0.05) is 54.1 Å². The Balaban J connectivity index is 2.13. The summed E-state index contributed by atoms with van der Waals surface area (Å²) in [7, 11) is 0. The minimum Gasteiger partial charge on any atom is -0.450 e. The van der Waals surface area contributed by atoms with Gasteiger partial charge < -0.3 is 9.84 Å². The van der Waals surface area contributed by atoms with Crippen molar-refractivity contribution in [3.05, 3.63) is 70.7 Å². The summed E-state index contributed by atoms with van der Waals surface area (Å²) < 4.78 is 4.74. The Morgan fingerprint density at radius 2 is 1.75 bits per heavy atom. The molecule has 0 bridgehead atoms. The summed E-state index contributed by atoms with van der Waals surface area (Å²) in [6, 6.07) is 17.3. The number of hydrogen-bond donors (Lipinski definition) is 1. The van der Waals surface area contributed by atoms with Gasteiger partial charge in [-0.3, -0.25) is 0 Å². The third-order valence-corrected chi connectivity index (χ3v) is 3.33. The number of halogens is 1. The maximum atomic E-state index is 10.6. The van der Waals surface area contributed by atoms with Crippen LogP contribution < -0.4 is 0 Å². The molecule has 0 radical (unpaired) electrons. The summed E-state index contributed by atoms with van der Waals surface area (Å²) >= 11 is 5.87. The molecule has 1 atom stereocenters. The Labute approximate surface area is 122 Å². The van der Waals surface area contributed by atoms with Crippen molar-refractivity contribution in [2.45, 2.75) is 12.3 Å². The van der Waals surface area contributed by atoms with Gasteiger partial charge in [0.1, 0.15) is 6.61 Å². The van der Waals surface area contributed by atoms with Crippen LogP contribution in [0.25, 0.3) is 0 Å². The quantitative estimate of drug-likeness (QED) is 0.832. The fraction of sp³-hybridized carbons (Fsp3) is 0.188. The van der Waals surface area contributed by atoms with Gasteiger partial charge in [0.2, 0.25) is 0 Å². The zero-order valence-electron chi connectivity index (χ0n) is 10.8. The molecule has 3 nitrogen and oxygen atoms in total. The first-order chi connectivity index (χ1) is 9.65. The first-order valence-electron chi connectivity index (χ1n) is 6.30. The largest absolute Gasteiger partial charge is 0.505 e. The second-order valence-corrected chi connectivity index (χ2v) is 4.95. The average Bonchev–Trinajstić information content (AvgIpc) is 2.46. The van der Waals surface area contributed by atoms with Gasteiger partial charge in [0, 0.05) is 10.9 Å². The van der Waals surface area contributed by atoms with Crippen LogP contribution in [0.4, 0.5) is 4.79 Å². The van der Waals surface area contributed by atoms with E-state index >= 15 is 0 Å². The average molecular weight is 291 g/mol. The molecule has 2 aromatic carbocycles. The summed E-state index contributed by atoms with van der Waals surface area (Å²) in [4.78, 5) is 10.6. The van der Waals surface area contributed by atoms with Crippen molar-refractivity contribution < 1.29 is 14.6 Å². The van der Waals surface area contributed by atoms with Crippen molar-refractivity contribution in [3.8, 4) is 0 Å². The number of hydrogen-bond acceptors (Lipinski definition) is 2. The molecule has 0 amide bonds. The molecule has 0 spiro atoms. The van der Waals surface area contributed by atoms with E-state index < -0.39 is 6.16 Å². The minimum atomic E-state index is -1.25. The molecule has 104 valence electrons. The van der Waals surface area contributed by atoms with Crippen LogP contribution in [-0.2, 0) is 11.2 Å². The van der Waals surface area contributed by atoms with Crippen LogP contribution in [0.5, 0.6) is 0 Å². The predicted octanol–water partition coefficient (Wildman–Crippen LogP) is 4.36. The number of ether oxygens (including phenoxy) is 1. The third kappa shape index (κ3) is 4.28. The van der Waals surface area contributed by atoms with E-state index in [0.29, 0.717) is 11.4 Å². The van der Waals surface area contributed by atoms with Crippen LogP contribution in [0.3, 0.4) is 0 Å². The molecule has 2 rings (SSSR count). The lowest BCUT2D eigenvalue weighted by Gasteiger charge is -2.16. The van der Waals surface area contributed by atoms with E-state index in [1.165, 1.54) is 0 Å². The minimum absolute atomic E-state index is 0.00604. The van der Waals surface area contributed by atoms with Gasteiger partial charge in [0.05, 0.1) is 0 Å². The van der Waals surface area contributed by atoms with E-state index in [-0.39, 0.29) is 12.5 Å². The molecule has 4 heteroatoms. The second-order valence-electron chi connectivity index (χ2n) is 4.52. The molecule has 2 aromatic rings. The lowest BCUT2D eigenvalue weighted by molar-refractivity contribution is 0.0857. The fourth-order valence-corrected chi connectivity index (χ4v) is 2.20. The summed E-state index contributed by atoms with van der Waals surface area (Å²) in [5.41, 5.74) is 2.15. The van der Waals surface area contributed by atoms with Gasteiger partial charge in [-0.15, -0.1) is 0 Å². The topological polar surface area (TPSA) is 46.5 Å². The lowest BCUT2D eigenvalue weighted by Crippen LogP contribution is -2.13. The summed E-state index contributed by atoms with van der Waals surface area (Å²) in [5, 5.41) is 9.36. The molecule has 0 aliphatic heterocycles. The summed E-state index contributed by atoms with van der Waals surface area (Å²) in [6.07, 6.45) is -0.545. The monoisotopic (exact) mass is 290 g/mol. The number of carbonyl (C=O) groups is 1. The molecule has 0 fully saturated rings. The highest BCUT2D eigenvalue weighted by molar-refractivity contribution is 6.30. The van der Waals surface area contributed by atoms with Gasteiger partial charge in [0.25, 0.3) is 0 Å². The maximum Gasteiger partial charge on any atom is 0.505 e. The highest BCUT2D eigenvalue weighted by Crippen LogP contribution is 2.22. The highest BCUT2D eigenvalue weighted by atomic mass is 35.5. The molecule has 0 aliphatic carbocycles. The molecule has 0 heterocycles. The predicted molar refractivity (Wildman–Crippen MR) is 78.3 cm³/mol. The van der Waals surface area contributed by atoms with E-state index in [2.05, 4.69) is 0 Å². The van der Waals surface area contributed by atoms with Gasteiger partial charge >= 0.3 is 6.16 Å². The van der Waals surface area contributed by atoms with Gasteiger partial charge in [-0.25, -0.2) is 4.79 Å². The van der Waals surface area contributed by atoms with E-state index in [1.807, 2.05) is 54.6 Å². The fourth-order valence-electron chi connectivity index (χ4n) is 2.08. The molecule has 0 aromatic heterocycles. The van der Waals surface area contributed by atoms with Crippen molar-refractivity contribution in [1.82, 2.24) is 0 Å². The first-order valence-corrected chi connectivity index (χ1v) is 6.68. The van der Waals surface area contributed by atoms with E-state index in [1.54, 1.807) is 0 Å². The Hall–Kier alpha value is -2.00. The molecule has 1 N–H and O–H groups in total. The highest BCUT2D eigenvalue weighted by Gasteiger charge is 2.14. The normalized spacial score (nSPS) is 11.8. The molecular formula is C16H15ClO3. The van der Waals surface area contributed by atoms with Crippen LogP contribution in [-0.4, -0.2) is 17.9 Å². The number of carboxylic acid groups (broad SMARTS) is 1. The van der Waals surface area contributed by atoms with Crippen LogP contribution in [0.15, 0.2) is 54.6 Å². The van der Waals surface area contributed by atoms with Crippen molar-refractivity contribution >= 4 is 17.8 Å². The van der Waals surface area contributed by atoms with E-state index in [4.69, 9.17) is 21.4 Å². The van der Waals surface area contributed by atoms with Crippen LogP contribution in [0.1, 0.15) is 17.0 Å². The Kier molecular flexibility index (Phi) is 5.02. The number of rotatable bonds is 5. The second kappa shape index (κ2) is 6.96. The summed E-state index contributed by atoms with van der Waals surface area (Å²) in [6.45, 7) is 0.141. The Morgan fingerprint density at radius 1 is 1.10 bits per heavy atom. The first kappa shape index (κ1) is 14.4. The van der Waals surface area contributed by atoms with Gasteiger partial charge in [0.15, 0.2) is 0 Å². The standard InChI is InChI=1S/C16H15ClO3/c17-15-8-6-12(7-9-15)10-14(11-20-16(18)19)13-4-2-1-3-5-13/h1-9,14H,10-11H2,(H,18,19). The summed E-state index contributed by atoms with van der Waals surface area (Å²) in [5.74, 6) is -0.00604. The molecule has 1 unspecified atom stereocenters. The van der Waals surface area contributed by atoms with Crippen molar-refractivity contribution in [1.29, 1.82) is 0 Å². The zero-order chi connectivity index (χ0) is 14.4. The van der Waals surface area contributed by atoms with Gasteiger partial charge in [-0.2, -0.15) is 0 Å². The molecule has 0 saturated carbocycles. The van der Waals surface area contributed by atoms with Crippen molar-refractivity contribution in [2.24, 2.45) is 0 Å². The van der Waals surface area contributed by atoms with E-state index in [0.717, 1.165) is 11.1 Å². The number of benzene rings is 2. The smallest absolute Gasteiger partial charge is 0.450 e. The molecule has 0 aliphatic rings. The lowest BCUT2D eigenvalue weighted by atomic mass is 9.93. The maximum absolute atomic E-state index is 10.6. The van der Waals surface area contributed by atoms with Crippen LogP contribution >= 0.6 is 11.6 Å². The van der Waals surface area contributed by atoms with Crippen molar-refractivity contribution in [3.63, 3.8) is 0 Å². The van der Waals surface area contributed by atoms with Gasteiger partial charge in [-0.05, 0) is 29.7 Å². The Bertz CT molecular complexity index is 552. The molecule has 20 heavy (non-hydrogen) atoms. The zero-order valence-corrected chi connectivity index (χ0v) is 11.6. The SMILES string of the molecule is O=C(O)OCC(Cc1ccc(Cl)cc1)c1ccccc1. The molecule has 0 saturated heterocycles. The van der Waals surface area contributed by atoms with E-state index in [9.17, 15) is 4.79 Å². The van der Waals surface area contributed by atoms with Crippen molar-refractivity contribution in [2.75, 3.05) is 6.61 Å². The third-order valence-electron chi connectivity index (χ3n) is 3.07. The Morgan fingerprint density at radius 3 is 2.35 bits per heavy atom.